The van der Waals surface area contributed by atoms with E-state index in [0.29, 0.717) is 11.0 Å². The Labute approximate surface area is 140 Å². The van der Waals surface area contributed by atoms with Gasteiger partial charge in [0.25, 0.3) is 0 Å². The van der Waals surface area contributed by atoms with Gasteiger partial charge in [-0.1, -0.05) is 23.7 Å². The molecule has 1 aliphatic carbocycles. The number of aromatic nitrogens is 3. The van der Waals surface area contributed by atoms with Crippen molar-refractivity contribution in [3.05, 3.63) is 51.8 Å². The number of pyridine rings is 1. The van der Waals surface area contributed by atoms with Crippen LogP contribution in [-0.4, -0.2) is 14.5 Å². The van der Waals surface area contributed by atoms with Crippen molar-refractivity contribution in [2.45, 2.75) is 32.1 Å². The first-order chi connectivity index (χ1) is 11.1. The second kappa shape index (κ2) is 5.53. The van der Waals surface area contributed by atoms with Crippen molar-refractivity contribution in [3.63, 3.8) is 0 Å². The first-order valence-electron chi connectivity index (χ1n) is 7.99. The predicted molar refractivity (Wildman–Crippen MR) is 93.8 cm³/mol. The Morgan fingerprint density at radius 2 is 2.09 bits per heavy atom. The molecule has 0 amide bonds. The lowest BCUT2D eigenvalue weighted by Crippen LogP contribution is -2.06. The van der Waals surface area contributed by atoms with Crippen LogP contribution in [0.5, 0.6) is 0 Å². The second-order valence-electron chi connectivity index (χ2n) is 6.27. The smallest absolute Gasteiger partial charge is 0.200 e. The number of rotatable bonds is 2. The molecule has 3 aromatic rings. The molecule has 0 saturated carbocycles. The fraction of sp³-hybridized carbons (Fsp3) is 0.333. The van der Waals surface area contributed by atoms with Gasteiger partial charge in [0.05, 0.1) is 16.1 Å². The monoisotopic (exact) mass is 326 g/mol. The van der Waals surface area contributed by atoms with E-state index >= 15 is 0 Å². The molecule has 0 atom stereocenters. The van der Waals surface area contributed by atoms with E-state index in [1.807, 2.05) is 29.9 Å². The van der Waals surface area contributed by atoms with Crippen LogP contribution >= 0.6 is 11.6 Å². The lowest BCUT2D eigenvalue weighted by Gasteiger charge is -2.15. The Bertz CT molecular complexity index is 898. The molecular formula is C18H19ClN4. The summed E-state index contributed by atoms with van der Waals surface area (Å²) in [6, 6.07) is 6.26. The summed E-state index contributed by atoms with van der Waals surface area (Å²) in [6.07, 6.45) is 7.56. The molecule has 0 saturated heterocycles. The Hall–Kier alpha value is -2.07. The van der Waals surface area contributed by atoms with Gasteiger partial charge in [-0.05, 0) is 48.4 Å². The average Bonchev–Trinajstić information content (AvgIpc) is 2.86. The van der Waals surface area contributed by atoms with Gasteiger partial charge in [-0.25, -0.2) is 4.98 Å². The summed E-state index contributed by atoms with van der Waals surface area (Å²) in [4.78, 5) is 9.15. The number of nitrogens with two attached hydrogens (primary N) is 1. The van der Waals surface area contributed by atoms with Crippen LogP contribution in [0.4, 0.5) is 5.95 Å². The minimum absolute atomic E-state index is 0.484. The SMILES string of the molecule is Cn1c(N)nc2c(Cc3cnc4c(c3)CCCC4)ccc(Cl)c21. The van der Waals surface area contributed by atoms with Gasteiger partial charge in [0.2, 0.25) is 5.95 Å². The van der Waals surface area contributed by atoms with Crippen LogP contribution in [0.15, 0.2) is 24.4 Å². The van der Waals surface area contributed by atoms with Crippen molar-refractivity contribution in [3.8, 4) is 0 Å². The fourth-order valence-electron chi connectivity index (χ4n) is 3.44. The topological polar surface area (TPSA) is 56.7 Å². The highest BCUT2D eigenvalue weighted by Gasteiger charge is 2.15. The van der Waals surface area contributed by atoms with Crippen molar-refractivity contribution in [2.75, 3.05) is 5.73 Å². The maximum absolute atomic E-state index is 6.32. The number of benzene rings is 1. The molecule has 0 radical (unpaired) electrons. The summed E-state index contributed by atoms with van der Waals surface area (Å²) < 4.78 is 1.84. The summed E-state index contributed by atoms with van der Waals surface area (Å²) in [7, 11) is 1.89. The van der Waals surface area contributed by atoms with E-state index in [1.165, 1.54) is 29.7 Å². The first kappa shape index (κ1) is 14.5. The number of nitrogen functional groups attached to an aromatic ring is 1. The summed E-state index contributed by atoms with van der Waals surface area (Å²) in [5.74, 6) is 0.484. The standard InChI is InChI=1S/C18H19ClN4/c1-23-17-14(19)7-6-13(16(17)22-18(23)20)9-11-8-12-4-2-3-5-15(12)21-10-11/h6-8,10H,2-5,9H2,1H3,(H2,20,22). The van der Waals surface area contributed by atoms with Gasteiger partial charge in [0.15, 0.2) is 0 Å². The molecule has 2 N–H and O–H groups in total. The molecule has 0 spiro atoms. The third kappa shape index (κ3) is 2.47. The fourth-order valence-corrected chi connectivity index (χ4v) is 3.72. The zero-order valence-corrected chi connectivity index (χ0v) is 13.9. The van der Waals surface area contributed by atoms with Gasteiger partial charge >= 0.3 is 0 Å². The Balaban J connectivity index is 1.76. The van der Waals surface area contributed by atoms with E-state index < -0.39 is 0 Å². The normalized spacial score (nSPS) is 14.2. The number of hydrogen-bond donors (Lipinski definition) is 1. The molecule has 2 heterocycles. The maximum atomic E-state index is 6.32. The number of fused-ring (bicyclic) bond motifs is 2. The first-order valence-corrected chi connectivity index (χ1v) is 8.37. The molecule has 0 bridgehead atoms. The van der Waals surface area contributed by atoms with Crippen LogP contribution < -0.4 is 5.73 Å². The van der Waals surface area contributed by atoms with Gasteiger partial charge in [-0.15, -0.1) is 0 Å². The van der Waals surface area contributed by atoms with Crippen LogP contribution in [-0.2, 0) is 26.3 Å². The molecule has 1 aromatic carbocycles. The molecular weight excluding hydrogens is 308 g/mol. The van der Waals surface area contributed by atoms with Crippen LogP contribution in [0.25, 0.3) is 11.0 Å². The number of anilines is 1. The molecule has 23 heavy (non-hydrogen) atoms. The van der Waals surface area contributed by atoms with Crippen molar-refractivity contribution >= 4 is 28.6 Å². The van der Waals surface area contributed by atoms with Crippen molar-refractivity contribution < 1.29 is 0 Å². The molecule has 0 fully saturated rings. The number of nitrogens with zero attached hydrogens (tertiary/aromatic N) is 3. The molecule has 0 aliphatic heterocycles. The number of halogens is 1. The molecule has 0 unspecified atom stereocenters. The summed E-state index contributed by atoms with van der Waals surface area (Å²) in [5.41, 5.74) is 12.8. The second-order valence-corrected chi connectivity index (χ2v) is 6.67. The van der Waals surface area contributed by atoms with Crippen LogP contribution in [0, 0.1) is 0 Å². The van der Waals surface area contributed by atoms with Crippen molar-refractivity contribution in [1.29, 1.82) is 0 Å². The van der Waals surface area contributed by atoms with Gasteiger partial charge < -0.3 is 10.3 Å². The van der Waals surface area contributed by atoms with E-state index in [-0.39, 0.29) is 0 Å². The highest BCUT2D eigenvalue weighted by atomic mass is 35.5. The van der Waals surface area contributed by atoms with Gasteiger partial charge in [-0.2, -0.15) is 0 Å². The zero-order valence-electron chi connectivity index (χ0n) is 13.1. The van der Waals surface area contributed by atoms with E-state index in [0.717, 1.165) is 35.9 Å². The van der Waals surface area contributed by atoms with Gasteiger partial charge in [-0.3, -0.25) is 4.98 Å². The third-order valence-electron chi connectivity index (χ3n) is 4.71. The minimum Gasteiger partial charge on any atom is -0.369 e. The molecule has 4 nitrogen and oxygen atoms in total. The van der Waals surface area contributed by atoms with E-state index in [9.17, 15) is 0 Å². The lowest BCUT2D eigenvalue weighted by molar-refractivity contribution is 0.666. The maximum Gasteiger partial charge on any atom is 0.200 e. The third-order valence-corrected chi connectivity index (χ3v) is 5.02. The minimum atomic E-state index is 0.484. The van der Waals surface area contributed by atoms with Crippen LogP contribution in [0.2, 0.25) is 5.02 Å². The molecule has 1 aliphatic rings. The Morgan fingerprint density at radius 3 is 2.96 bits per heavy atom. The Morgan fingerprint density at radius 1 is 1.26 bits per heavy atom. The number of hydrogen-bond acceptors (Lipinski definition) is 3. The van der Waals surface area contributed by atoms with E-state index in [1.54, 1.807) is 0 Å². The molecule has 5 heteroatoms. The summed E-state index contributed by atoms with van der Waals surface area (Å²) in [5, 5.41) is 0.680. The average molecular weight is 327 g/mol. The van der Waals surface area contributed by atoms with E-state index in [2.05, 4.69) is 16.0 Å². The van der Waals surface area contributed by atoms with E-state index in [4.69, 9.17) is 17.3 Å². The van der Waals surface area contributed by atoms with Crippen molar-refractivity contribution in [2.24, 2.45) is 7.05 Å². The number of imidazole rings is 1. The number of aryl methyl sites for hydroxylation is 3. The molecule has 4 rings (SSSR count). The van der Waals surface area contributed by atoms with Gasteiger partial charge in [0.1, 0.15) is 0 Å². The zero-order chi connectivity index (χ0) is 16.0. The summed E-state index contributed by atoms with van der Waals surface area (Å²) in [6.45, 7) is 0. The molecule has 118 valence electrons. The molecule has 2 aromatic heterocycles. The van der Waals surface area contributed by atoms with Crippen LogP contribution in [0.3, 0.4) is 0 Å². The lowest BCUT2D eigenvalue weighted by atomic mass is 9.94. The summed E-state index contributed by atoms with van der Waals surface area (Å²) >= 11 is 6.32. The quantitative estimate of drug-likeness (QED) is 0.781. The Kier molecular flexibility index (Phi) is 3.49. The van der Waals surface area contributed by atoms with Gasteiger partial charge in [0, 0.05) is 25.4 Å². The van der Waals surface area contributed by atoms with Crippen molar-refractivity contribution in [1.82, 2.24) is 14.5 Å². The largest absolute Gasteiger partial charge is 0.369 e. The predicted octanol–water partition coefficient (Wildman–Crippen LogP) is 3.67. The van der Waals surface area contributed by atoms with Crippen LogP contribution in [0.1, 0.15) is 35.2 Å². The highest BCUT2D eigenvalue weighted by molar-refractivity contribution is 6.35. The highest BCUT2D eigenvalue weighted by Crippen LogP contribution is 2.29.